The number of nitro benzene ring substituents is 1. The summed E-state index contributed by atoms with van der Waals surface area (Å²) in [4.78, 5) is 36.6. The van der Waals surface area contributed by atoms with Gasteiger partial charge in [-0.1, -0.05) is 0 Å². The van der Waals surface area contributed by atoms with Gasteiger partial charge in [-0.05, 0) is 34.1 Å². The first-order chi connectivity index (χ1) is 9.97. The summed E-state index contributed by atoms with van der Waals surface area (Å²) in [7, 11) is 0. The topological polar surface area (TPSA) is 80.5 Å². The van der Waals surface area contributed by atoms with Gasteiger partial charge in [-0.15, -0.1) is 11.3 Å². The zero-order chi connectivity index (χ0) is 15.1. The molecule has 0 aliphatic carbocycles. The first-order valence-electron chi connectivity index (χ1n) is 5.86. The highest BCUT2D eigenvalue weighted by atomic mass is 79.9. The summed E-state index contributed by atoms with van der Waals surface area (Å²) in [5.41, 5.74) is 0.0988. The SMILES string of the molecule is O=C1c2ccc([N+](=O)[O-])cc2C(=O)N1Cc1ccc(Br)s1. The molecule has 2 amide bonds. The number of hydrogen-bond donors (Lipinski definition) is 0. The van der Waals surface area contributed by atoms with Gasteiger partial charge in [0, 0.05) is 17.0 Å². The Balaban J connectivity index is 1.94. The third-order valence-electron chi connectivity index (χ3n) is 3.11. The van der Waals surface area contributed by atoms with Crippen molar-refractivity contribution < 1.29 is 14.5 Å². The molecule has 0 N–H and O–H groups in total. The van der Waals surface area contributed by atoms with Gasteiger partial charge in [0.1, 0.15) is 0 Å². The number of thiophene rings is 1. The summed E-state index contributed by atoms with van der Waals surface area (Å²) in [6.45, 7) is 0.163. The molecular formula is C13H7BrN2O4S. The van der Waals surface area contributed by atoms with E-state index in [0.29, 0.717) is 0 Å². The molecule has 0 saturated carbocycles. The minimum Gasteiger partial charge on any atom is -0.269 e. The number of rotatable bonds is 3. The van der Waals surface area contributed by atoms with E-state index in [0.717, 1.165) is 19.6 Å². The molecule has 1 aliphatic heterocycles. The van der Waals surface area contributed by atoms with E-state index in [-0.39, 0.29) is 23.4 Å². The van der Waals surface area contributed by atoms with E-state index in [4.69, 9.17) is 0 Å². The van der Waals surface area contributed by atoms with Gasteiger partial charge in [-0.3, -0.25) is 24.6 Å². The minimum atomic E-state index is -0.586. The monoisotopic (exact) mass is 366 g/mol. The first-order valence-corrected chi connectivity index (χ1v) is 7.47. The Bertz CT molecular complexity index is 786. The quantitative estimate of drug-likeness (QED) is 0.474. The van der Waals surface area contributed by atoms with Gasteiger partial charge in [0.25, 0.3) is 17.5 Å². The number of imide groups is 1. The lowest BCUT2D eigenvalue weighted by Gasteiger charge is -2.11. The van der Waals surface area contributed by atoms with Crippen LogP contribution in [0.4, 0.5) is 5.69 Å². The summed E-state index contributed by atoms with van der Waals surface area (Å²) in [5.74, 6) is -0.919. The van der Waals surface area contributed by atoms with Crippen molar-refractivity contribution in [1.82, 2.24) is 4.90 Å². The average molecular weight is 367 g/mol. The fraction of sp³-hybridized carbons (Fsp3) is 0.0769. The van der Waals surface area contributed by atoms with Crippen LogP contribution in [0.1, 0.15) is 25.6 Å². The Labute approximate surface area is 131 Å². The van der Waals surface area contributed by atoms with Crippen molar-refractivity contribution >= 4 is 44.8 Å². The Kier molecular flexibility index (Phi) is 3.34. The second kappa shape index (κ2) is 5.05. The molecule has 1 aromatic heterocycles. The van der Waals surface area contributed by atoms with Crippen molar-refractivity contribution in [3.8, 4) is 0 Å². The molecule has 106 valence electrons. The molecule has 8 heteroatoms. The van der Waals surface area contributed by atoms with Gasteiger partial charge >= 0.3 is 0 Å². The minimum absolute atomic E-state index is 0.0878. The number of non-ortho nitro benzene ring substituents is 1. The van der Waals surface area contributed by atoms with Gasteiger partial charge < -0.3 is 0 Å². The average Bonchev–Trinajstić information content (AvgIpc) is 2.96. The van der Waals surface area contributed by atoms with E-state index >= 15 is 0 Å². The predicted octanol–water partition coefficient (Wildman–Crippen LogP) is 3.22. The number of hydrogen-bond acceptors (Lipinski definition) is 5. The highest BCUT2D eigenvalue weighted by Crippen LogP contribution is 2.30. The van der Waals surface area contributed by atoms with Gasteiger partial charge in [0.2, 0.25) is 0 Å². The summed E-state index contributed by atoms with van der Waals surface area (Å²) >= 11 is 4.75. The number of fused-ring (bicyclic) bond motifs is 1. The first kappa shape index (κ1) is 13.9. The molecule has 6 nitrogen and oxygen atoms in total. The van der Waals surface area contributed by atoms with Crippen LogP contribution in [0, 0.1) is 10.1 Å². The molecule has 2 aromatic rings. The highest BCUT2D eigenvalue weighted by molar-refractivity contribution is 9.11. The van der Waals surface area contributed by atoms with Crippen molar-refractivity contribution in [3.63, 3.8) is 0 Å². The largest absolute Gasteiger partial charge is 0.270 e. The number of carbonyl (C=O) groups excluding carboxylic acids is 2. The van der Waals surface area contributed by atoms with E-state index in [1.165, 1.54) is 23.5 Å². The predicted molar refractivity (Wildman–Crippen MR) is 79.3 cm³/mol. The maximum atomic E-state index is 12.3. The van der Waals surface area contributed by atoms with E-state index in [1.807, 2.05) is 12.1 Å². The normalized spacial score (nSPS) is 13.7. The van der Waals surface area contributed by atoms with Gasteiger partial charge in [0.05, 0.1) is 26.4 Å². The van der Waals surface area contributed by atoms with Crippen molar-refractivity contribution in [1.29, 1.82) is 0 Å². The summed E-state index contributed by atoms with van der Waals surface area (Å²) in [6.07, 6.45) is 0. The van der Waals surface area contributed by atoms with Gasteiger partial charge in [-0.25, -0.2) is 0 Å². The standard InChI is InChI=1S/C13H7BrN2O4S/c14-11-4-2-8(21-11)6-15-12(17)9-3-1-7(16(19)20)5-10(9)13(15)18/h1-5H,6H2. The molecule has 0 radical (unpaired) electrons. The van der Waals surface area contributed by atoms with E-state index in [9.17, 15) is 19.7 Å². The lowest BCUT2D eigenvalue weighted by Crippen LogP contribution is -2.28. The fourth-order valence-corrected chi connectivity index (χ4v) is 3.60. The van der Waals surface area contributed by atoms with Crippen molar-refractivity contribution in [2.45, 2.75) is 6.54 Å². The van der Waals surface area contributed by atoms with Crippen LogP contribution in [0.15, 0.2) is 34.1 Å². The lowest BCUT2D eigenvalue weighted by atomic mass is 10.1. The van der Waals surface area contributed by atoms with E-state index < -0.39 is 16.7 Å². The number of amides is 2. The van der Waals surface area contributed by atoms with Crippen molar-refractivity contribution in [2.24, 2.45) is 0 Å². The molecule has 2 heterocycles. The van der Waals surface area contributed by atoms with Gasteiger partial charge in [-0.2, -0.15) is 0 Å². The van der Waals surface area contributed by atoms with Crippen molar-refractivity contribution in [2.75, 3.05) is 0 Å². The highest BCUT2D eigenvalue weighted by Gasteiger charge is 2.36. The number of halogens is 1. The molecule has 0 atom stereocenters. The molecule has 0 unspecified atom stereocenters. The molecule has 0 spiro atoms. The molecule has 3 rings (SSSR count). The zero-order valence-corrected chi connectivity index (χ0v) is 12.8. The van der Waals surface area contributed by atoms with Crippen LogP contribution in [0.5, 0.6) is 0 Å². The molecule has 21 heavy (non-hydrogen) atoms. The Morgan fingerprint density at radius 3 is 2.48 bits per heavy atom. The fourth-order valence-electron chi connectivity index (χ4n) is 2.13. The van der Waals surface area contributed by atoms with Crippen molar-refractivity contribution in [3.05, 3.63) is 60.2 Å². The van der Waals surface area contributed by atoms with Crippen LogP contribution < -0.4 is 0 Å². The molecule has 0 bridgehead atoms. The number of nitro groups is 1. The van der Waals surface area contributed by atoms with Crippen LogP contribution >= 0.6 is 27.3 Å². The molecule has 0 saturated heterocycles. The molecular weight excluding hydrogens is 360 g/mol. The van der Waals surface area contributed by atoms with Crippen LogP contribution in [0.25, 0.3) is 0 Å². The van der Waals surface area contributed by atoms with Crippen LogP contribution in [0.2, 0.25) is 0 Å². The molecule has 0 fully saturated rings. The zero-order valence-electron chi connectivity index (χ0n) is 10.4. The Hall–Kier alpha value is -2.06. The smallest absolute Gasteiger partial charge is 0.269 e. The summed E-state index contributed by atoms with van der Waals surface area (Å²) in [6, 6.07) is 7.37. The Morgan fingerprint density at radius 2 is 1.86 bits per heavy atom. The third-order valence-corrected chi connectivity index (χ3v) is 4.72. The summed E-state index contributed by atoms with van der Waals surface area (Å²) in [5, 5.41) is 10.8. The van der Waals surface area contributed by atoms with Crippen LogP contribution in [-0.2, 0) is 6.54 Å². The summed E-state index contributed by atoms with van der Waals surface area (Å²) < 4.78 is 0.907. The van der Waals surface area contributed by atoms with Crippen LogP contribution in [-0.4, -0.2) is 21.6 Å². The number of nitrogens with zero attached hydrogens (tertiary/aromatic N) is 2. The van der Waals surface area contributed by atoms with Crippen LogP contribution in [0.3, 0.4) is 0 Å². The van der Waals surface area contributed by atoms with E-state index in [2.05, 4.69) is 15.9 Å². The second-order valence-corrected chi connectivity index (χ2v) is 6.94. The number of benzene rings is 1. The Morgan fingerprint density at radius 1 is 1.14 bits per heavy atom. The molecule has 1 aromatic carbocycles. The third kappa shape index (κ3) is 2.36. The molecule has 1 aliphatic rings. The maximum Gasteiger partial charge on any atom is 0.270 e. The van der Waals surface area contributed by atoms with Gasteiger partial charge in [0.15, 0.2) is 0 Å². The lowest BCUT2D eigenvalue weighted by molar-refractivity contribution is -0.384. The van der Waals surface area contributed by atoms with E-state index in [1.54, 1.807) is 0 Å². The number of carbonyl (C=O) groups is 2. The maximum absolute atomic E-state index is 12.3. The second-order valence-electron chi connectivity index (χ2n) is 4.39.